The molecule has 160 valence electrons. The van der Waals surface area contributed by atoms with Crippen molar-refractivity contribution in [2.24, 2.45) is 5.92 Å². The van der Waals surface area contributed by atoms with E-state index in [4.69, 9.17) is 9.26 Å². The molecule has 2 aromatic carbocycles. The van der Waals surface area contributed by atoms with Gasteiger partial charge in [0.1, 0.15) is 12.4 Å². The van der Waals surface area contributed by atoms with Crippen LogP contribution in [0.1, 0.15) is 31.9 Å². The third kappa shape index (κ3) is 5.73. The van der Waals surface area contributed by atoms with Gasteiger partial charge in [-0.15, -0.1) is 10.2 Å². The van der Waals surface area contributed by atoms with Crippen molar-refractivity contribution in [2.75, 3.05) is 0 Å². The number of aromatic nitrogens is 5. The highest BCUT2D eigenvalue weighted by Crippen LogP contribution is 2.24. The van der Waals surface area contributed by atoms with Crippen LogP contribution in [-0.2, 0) is 18.9 Å². The van der Waals surface area contributed by atoms with Gasteiger partial charge in [0.25, 0.3) is 5.89 Å². The monoisotopic (exact) mass is 435 g/mol. The molecule has 0 spiro atoms. The Morgan fingerprint density at radius 2 is 1.74 bits per heavy atom. The van der Waals surface area contributed by atoms with Gasteiger partial charge in [-0.25, -0.2) is 0 Å². The third-order valence-corrected chi connectivity index (χ3v) is 5.62. The van der Waals surface area contributed by atoms with Crippen molar-refractivity contribution in [2.45, 2.75) is 44.3 Å². The molecule has 4 rings (SSSR count). The maximum Gasteiger partial charge on any atom is 0.257 e. The summed E-state index contributed by atoms with van der Waals surface area (Å²) in [4.78, 5) is 4.50. The second-order valence-electron chi connectivity index (χ2n) is 7.51. The second kappa shape index (κ2) is 10.3. The molecule has 0 amide bonds. The first kappa shape index (κ1) is 21.1. The molecule has 2 heterocycles. The van der Waals surface area contributed by atoms with E-state index in [9.17, 15) is 0 Å². The summed E-state index contributed by atoms with van der Waals surface area (Å²) in [5, 5.41) is 13.7. The van der Waals surface area contributed by atoms with Gasteiger partial charge in [-0.3, -0.25) is 0 Å². The van der Waals surface area contributed by atoms with Gasteiger partial charge < -0.3 is 13.8 Å². The van der Waals surface area contributed by atoms with Gasteiger partial charge in [0.15, 0.2) is 16.8 Å². The molecule has 0 aliphatic carbocycles. The summed E-state index contributed by atoms with van der Waals surface area (Å²) in [6.07, 6.45) is 1.03. The van der Waals surface area contributed by atoms with Gasteiger partial charge in [-0.2, -0.15) is 4.98 Å². The number of hydrogen-bond donors (Lipinski definition) is 0. The van der Waals surface area contributed by atoms with Crippen molar-refractivity contribution in [1.29, 1.82) is 0 Å². The van der Waals surface area contributed by atoms with Crippen LogP contribution in [-0.4, -0.2) is 24.9 Å². The molecule has 0 radical (unpaired) electrons. The lowest BCUT2D eigenvalue weighted by Crippen LogP contribution is -2.10. The minimum absolute atomic E-state index is 0.371. The second-order valence-corrected chi connectivity index (χ2v) is 8.45. The molecular weight excluding hydrogens is 410 g/mol. The summed E-state index contributed by atoms with van der Waals surface area (Å²) in [5.74, 6) is 3.91. The molecular formula is C23H25N5O2S. The van der Waals surface area contributed by atoms with E-state index in [1.54, 1.807) is 11.8 Å². The molecule has 2 aromatic heterocycles. The predicted octanol–water partition coefficient (Wildman–Crippen LogP) is 5.25. The number of rotatable bonds is 10. The Balaban J connectivity index is 1.44. The summed E-state index contributed by atoms with van der Waals surface area (Å²) < 4.78 is 13.4. The average molecular weight is 436 g/mol. The van der Waals surface area contributed by atoms with E-state index >= 15 is 0 Å². The molecule has 0 saturated carbocycles. The first-order valence-electron chi connectivity index (χ1n) is 10.3. The third-order valence-electron chi connectivity index (χ3n) is 4.65. The quantitative estimate of drug-likeness (QED) is 0.315. The van der Waals surface area contributed by atoms with Crippen molar-refractivity contribution in [3.63, 3.8) is 0 Å². The maximum absolute atomic E-state index is 5.90. The fraction of sp³-hybridized carbons (Fsp3) is 0.304. The Kier molecular flexibility index (Phi) is 6.99. The normalized spacial score (nSPS) is 11.2. The van der Waals surface area contributed by atoms with Crippen LogP contribution in [0, 0.1) is 5.92 Å². The minimum atomic E-state index is 0.371. The smallest absolute Gasteiger partial charge is 0.257 e. The lowest BCUT2D eigenvalue weighted by Gasteiger charge is -2.12. The van der Waals surface area contributed by atoms with E-state index < -0.39 is 0 Å². The number of hydrogen-bond acceptors (Lipinski definition) is 7. The number of para-hydroxylation sites is 1. The molecule has 0 N–H and O–H groups in total. The van der Waals surface area contributed by atoms with Crippen LogP contribution in [0.4, 0.5) is 0 Å². The van der Waals surface area contributed by atoms with E-state index in [0.29, 0.717) is 30.0 Å². The van der Waals surface area contributed by atoms with Crippen LogP contribution in [0.3, 0.4) is 0 Å². The molecule has 0 bridgehead atoms. The van der Waals surface area contributed by atoms with Crippen molar-refractivity contribution in [1.82, 2.24) is 24.9 Å². The van der Waals surface area contributed by atoms with Crippen LogP contribution in [0.25, 0.3) is 11.5 Å². The fourth-order valence-electron chi connectivity index (χ4n) is 2.95. The highest BCUT2D eigenvalue weighted by atomic mass is 32.2. The highest BCUT2D eigenvalue weighted by molar-refractivity contribution is 7.98. The largest absolute Gasteiger partial charge is 0.486 e. The van der Waals surface area contributed by atoms with Crippen molar-refractivity contribution < 1.29 is 9.26 Å². The molecule has 31 heavy (non-hydrogen) atoms. The molecule has 0 saturated heterocycles. The SMILES string of the molecule is CC(C)CCn1c(COc2ccccc2)nnc1SCc1noc(-c2ccccc2)n1. The molecule has 8 heteroatoms. The van der Waals surface area contributed by atoms with E-state index in [2.05, 4.69) is 38.8 Å². The van der Waals surface area contributed by atoms with Gasteiger partial charge in [-0.1, -0.05) is 67.2 Å². The van der Waals surface area contributed by atoms with E-state index in [-0.39, 0.29) is 0 Å². The van der Waals surface area contributed by atoms with Crippen molar-refractivity contribution >= 4 is 11.8 Å². The summed E-state index contributed by atoms with van der Waals surface area (Å²) >= 11 is 1.55. The van der Waals surface area contributed by atoms with Crippen LogP contribution in [0.5, 0.6) is 5.75 Å². The first-order chi connectivity index (χ1) is 15.2. The van der Waals surface area contributed by atoms with Crippen LogP contribution >= 0.6 is 11.8 Å². The Morgan fingerprint density at radius 1 is 1.00 bits per heavy atom. The molecule has 7 nitrogen and oxygen atoms in total. The standard InChI is InChI=1S/C23H25N5O2S/c1-17(2)13-14-28-21(15-29-19-11-7-4-8-12-19)25-26-23(28)31-16-20-24-22(30-27-20)18-9-5-3-6-10-18/h3-12,17H,13-16H2,1-2H3. The fourth-order valence-corrected chi connectivity index (χ4v) is 3.78. The Hall–Kier alpha value is -3.13. The Labute approximate surface area is 185 Å². The first-order valence-corrected chi connectivity index (χ1v) is 11.3. The average Bonchev–Trinajstić information content (AvgIpc) is 3.43. The minimum Gasteiger partial charge on any atom is -0.486 e. The summed E-state index contributed by atoms with van der Waals surface area (Å²) in [7, 11) is 0. The summed E-state index contributed by atoms with van der Waals surface area (Å²) in [6.45, 7) is 5.63. The van der Waals surface area contributed by atoms with Gasteiger partial charge in [0, 0.05) is 12.1 Å². The van der Waals surface area contributed by atoms with Crippen LogP contribution < -0.4 is 4.74 Å². The molecule has 0 aliphatic heterocycles. The molecule has 0 aliphatic rings. The van der Waals surface area contributed by atoms with Gasteiger partial charge >= 0.3 is 0 Å². The predicted molar refractivity (Wildman–Crippen MR) is 120 cm³/mol. The Bertz CT molecular complexity index is 1080. The molecule has 0 fully saturated rings. The van der Waals surface area contributed by atoms with E-state index in [1.807, 2.05) is 60.7 Å². The number of thioether (sulfide) groups is 1. The van der Waals surface area contributed by atoms with Crippen LogP contribution in [0.15, 0.2) is 70.3 Å². The number of ether oxygens (including phenoxy) is 1. The molecule has 0 unspecified atom stereocenters. The zero-order valence-corrected chi connectivity index (χ0v) is 18.5. The van der Waals surface area contributed by atoms with Gasteiger partial charge in [0.2, 0.25) is 0 Å². The number of benzene rings is 2. The van der Waals surface area contributed by atoms with Gasteiger partial charge in [-0.05, 0) is 36.6 Å². The highest BCUT2D eigenvalue weighted by Gasteiger charge is 2.16. The summed E-state index contributed by atoms with van der Waals surface area (Å²) in [5.41, 5.74) is 0.909. The Morgan fingerprint density at radius 3 is 2.48 bits per heavy atom. The molecule has 0 atom stereocenters. The lowest BCUT2D eigenvalue weighted by molar-refractivity contribution is 0.285. The van der Waals surface area contributed by atoms with Crippen LogP contribution in [0.2, 0.25) is 0 Å². The lowest BCUT2D eigenvalue weighted by atomic mass is 10.1. The topological polar surface area (TPSA) is 78.9 Å². The molecule has 4 aromatic rings. The number of nitrogens with zero attached hydrogens (tertiary/aromatic N) is 5. The summed E-state index contributed by atoms with van der Waals surface area (Å²) in [6, 6.07) is 19.5. The zero-order valence-electron chi connectivity index (χ0n) is 17.6. The van der Waals surface area contributed by atoms with Crippen molar-refractivity contribution in [3.05, 3.63) is 72.3 Å². The van der Waals surface area contributed by atoms with Crippen molar-refractivity contribution in [3.8, 4) is 17.2 Å². The van der Waals surface area contributed by atoms with E-state index in [1.165, 1.54) is 0 Å². The zero-order chi connectivity index (χ0) is 21.5. The van der Waals surface area contributed by atoms with Gasteiger partial charge in [0.05, 0.1) is 5.75 Å². The van der Waals surface area contributed by atoms with E-state index in [0.717, 1.165) is 35.3 Å². The maximum atomic E-state index is 5.90.